The van der Waals surface area contributed by atoms with Crippen LogP contribution in [0.15, 0.2) is 0 Å². The van der Waals surface area contributed by atoms with Gasteiger partial charge in [-0.1, -0.05) is 27.2 Å². The first-order chi connectivity index (χ1) is 9.53. The van der Waals surface area contributed by atoms with Crippen LogP contribution < -0.4 is 5.32 Å². The Labute approximate surface area is 126 Å². The van der Waals surface area contributed by atoms with Crippen molar-refractivity contribution in [1.29, 1.82) is 0 Å². The number of carbonyl (C=O) groups excluding carboxylic acids is 1. The molecule has 0 aromatic heterocycles. The highest BCUT2D eigenvalue weighted by Gasteiger charge is 2.35. The van der Waals surface area contributed by atoms with E-state index >= 15 is 0 Å². The second-order valence-electron chi connectivity index (χ2n) is 6.90. The number of hydrogen-bond donors (Lipinski definition) is 2. The molecule has 1 rings (SSSR count). The predicted octanol–water partition coefficient (Wildman–Crippen LogP) is 1.21. The van der Waals surface area contributed by atoms with Gasteiger partial charge in [0, 0.05) is 6.54 Å². The van der Waals surface area contributed by atoms with Crippen LogP contribution >= 0.6 is 0 Å². The van der Waals surface area contributed by atoms with Crippen molar-refractivity contribution in [3.8, 4) is 0 Å². The number of rotatable bonds is 5. The Hall–Kier alpha value is -1.11. The van der Waals surface area contributed by atoms with Gasteiger partial charge in [-0.05, 0) is 24.7 Å². The third-order valence-electron chi connectivity index (χ3n) is 3.60. The van der Waals surface area contributed by atoms with E-state index in [1.165, 1.54) is 0 Å². The normalized spacial score (nSPS) is 23.3. The van der Waals surface area contributed by atoms with Gasteiger partial charge < -0.3 is 10.4 Å². The van der Waals surface area contributed by atoms with E-state index in [1.54, 1.807) is 0 Å². The van der Waals surface area contributed by atoms with Crippen LogP contribution in [0, 0.1) is 11.3 Å². The fraction of sp³-hybridized carbons (Fsp3) is 0.857. The molecule has 2 atom stereocenters. The lowest BCUT2D eigenvalue weighted by atomic mass is 9.84. The van der Waals surface area contributed by atoms with E-state index in [2.05, 4.69) is 5.32 Å². The molecule has 7 heteroatoms. The SMILES string of the molecule is CC(C)(C)CC(CNC(=O)C1CCCCS1(=O)=O)C(=O)O. The largest absolute Gasteiger partial charge is 0.481 e. The topological polar surface area (TPSA) is 101 Å². The van der Waals surface area contributed by atoms with Gasteiger partial charge in [-0.25, -0.2) is 8.42 Å². The molecule has 1 heterocycles. The maximum Gasteiger partial charge on any atom is 0.308 e. The number of hydrogen-bond acceptors (Lipinski definition) is 4. The Kier molecular flexibility index (Phi) is 5.78. The molecule has 122 valence electrons. The first-order valence-corrected chi connectivity index (χ1v) is 8.96. The summed E-state index contributed by atoms with van der Waals surface area (Å²) in [5, 5.41) is 10.7. The fourth-order valence-corrected chi connectivity index (χ4v) is 4.40. The monoisotopic (exact) mass is 319 g/mol. The minimum atomic E-state index is -3.39. The Morgan fingerprint density at radius 2 is 1.90 bits per heavy atom. The molecule has 0 aromatic carbocycles. The van der Waals surface area contributed by atoms with E-state index in [-0.39, 0.29) is 17.7 Å². The zero-order chi connectivity index (χ0) is 16.3. The zero-order valence-corrected chi connectivity index (χ0v) is 13.7. The van der Waals surface area contributed by atoms with Gasteiger partial charge in [-0.3, -0.25) is 9.59 Å². The minimum Gasteiger partial charge on any atom is -0.481 e. The Bertz CT molecular complexity index is 492. The molecule has 1 fully saturated rings. The van der Waals surface area contributed by atoms with E-state index in [4.69, 9.17) is 0 Å². The van der Waals surface area contributed by atoms with Crippen molar-refractivity contribution in [3.05, 3.63) is 0 Å². The summed E-state index contributed by atoms with van der Waals surface area (Å²) in [6.45, 7) is 5.75. The summed E-state index contributed by atoms with van der Waals surface area (Å²) in [7, 11) is -3.39. The van der Waals surface area contributed by atoms with Crippen molar-refractivity contribution in [2.75, 3.05) is 12.3 Å². The molecule has 0 saturated carbocycles. The summed E-state index contributed by atoms with van der Waals surface area (Å²) < 4.78 is 23.7. The Balaban J connectivity index is 2.63. The molecular formula is C14H25NO5S. The molecule has 1 aliphatic rings. The van der Waals surface area contributed by atoms with Gasteiger partial charge >= 0.3 is 5.97 Å². The first kappa shape index (κ1) is 17.9. The zero-order valence-electron chi connectivity index (χ0n) is 12.9. The van der Waals surface area contributed by atoms with Gasteiger partial charge in [0.2, 0.25) is 5.91 Å². The number of sulfone groups is 1. The van der Waals surface area contributed by atoms with Crippen LogP contribution in [0.3, 0.4) is 0 Å². The van der Waals surface area contributed by atoms with Gasteiger partial charge in [0.25, 0.3) is 0 Å². The lowest BCUT2D eigenvalue weighted by Crippen LogP contribution is -2.45. The summed E-state index contributed by atoms with van der Waals surface area (Å²) >= 11 is 0. The molecule has 0 aromatic rings. The Morgan fingerprint density at radius 1 is 1.29 bits per heavy atom. The third kappa shape index (κ3) is 5.65. The molecule has 21 heavy (non-hydrogen) atoms. The molecule has 0 spiro atoms. The second-order valence-corrected chi connectivity index (χ2v) is 9.20. The average molecular weight is 319 g/mol. The van der Waals surface area contributed by atoms with Gasteiger partial charge in [0.15, 0.2) is 9.84 Å². The van der Waals surface area contributed by atoms with Crippen molar-refractivity contribution < 1.29 is 23.1 Å². The molecule has 1 saturated heterocycles. The number of aliphatic carboxylic acids is 1. The molecule has 2 N–H and O–H groups in total. The number of carbonyl (C=O) groups is 2. The molecule has 1 aliphatic heterocycles. The quantitative estimate of drug-likeness (QED) is 0.793. The number of nitrogens with one attached hydrogen (secondary N) is 1. The van der Waals surface area contributed by atoms with E-state index in [0.717, 1.165) is 0 Å². The van der Waals surface area contributed by atoms with Gasteiger partial charge in [0.05, 0.1) is 11.7 Å². The second kappa shape index (κ2) is 6.77. The summed E-state index contributed by atoms with van der Waals surface area (Å²) in [5.74, 6) is -2.21. The summed E-state index contributed by atoms with van der Waals surface area (Å²) in [4.78, 5) is 23.2. The summed E-state index contributed by atoms with van der Waals surface area (Å²) in [6, 6.07) is 0. The summed E-state index contributed by atoms with van der Waals surface area (Å²) in [6.07, 6.45) is 2.04. The van der Waals surface area contributed by atoms with Crippen molar-refractivity contribution in [2.45, 2.75) is 51.7 Å². The molecule has 1 amide bonds. The van der Waals surface area contributed by atoms with Crippen LogP contribution in [0.4, 0.5) is 0 Å². The van der Waals surface area contributed by atoms with Crippen molar-refractivity contribution >= 4 is 21.7 Å². The maximum absolute atomic E-state index is 12.0. The average Bonchev–Trinajstić information content (AvgIpc) is 2.31. The van der Waals surface area contributed by atoms with Gasteiger partial charge in [-0.2, -0.15) is 0 Å². The molecule has 2 unspecified atom stereocenters. The van der Waals surface area contributed by atoms with Crippen molar-refractivity contribution in [2.24, 2.45) is 11.3 Å². The molecule has 0 bridgehead atoms. The highest BCUT2D eigenvalue weighted by atomic mass is 32.2. The number of carboxylic acids is 1. The van der Waals surface area contributed by atoms with Crippen LogP contribution in [-0.2, 0) is 19.4 Å². The highest BCUT2D eigenvalue weighted by molar-refractivity contribution is 7.92. The van der Waals surface area contributed by atoms with E-state index in [9.17, 15) is 23.1 Å². The van der Waals surface area contributed by atoms with Crippen LogP contribution in [0.25, 0.3) is 0 Å². The fourth-order valence-electron chi connectivity index (χ4n) is 2.57. The van der Waals surface area contributed by atoms with Gasteiger partial charge in [-0.15, -0.1) is 0 Å². The molecule has 6 nitrogen and oxygen atoms in total. The third-order valence-corrected chi connectivity index (χ3v) is 5.78. The lowest BCUT2D eigenvalue weighted by Gasteiger charge is -2.25. The summed E-state index contributed by atoms with van der Waals surface area (Å²) in [5.41, 5.74) is -0.176. The van der Waals surface area contributed by atoms with Crippen LogP contribution in [0.2, 0.25) is 0 Å². The molecule has 0 radical (unpaired) electrons. The standard InChI is InChI=1S/C14H25NO5S/c1-14(2,3)8-10(13(17)18)9-15-12(16)11-6-4-5-7-21(11,19)20/h10-11H,4-9H2,1-3H3,(H,15,16)(H,17,18). The van der Waals surface area contributed by atoms with E-state index in [1.807, 2.05) is 20.8 Å². The van der Waals surface area contributed by atoms with Crippen LogP contribution in [0.1, 0.15) is 46.5 Å². The van der Waals surface area contributed by atoms with Crippen molar-refractivity contribution in [1.82, 2.24) is 5.32 Å². The van der Waals surface area contributed by atoms with Crippen LogP contribution in [-0.4, -0.2) is 42.9 Å². The molecular weight excluding hydrogens is 294 g/mol. The number of carboxylic acid groups (broad SMARTS) is 1. The van der Waals surface area contributed by atoms with Crippen molar-refractivity contribution in [3.63, 3.8) is 0 Å². The molecule has 0 aliphatic carbocycles. The number of amides is 1. The lowest BCUT2D eigenvalue weighted by molar-refractivity contribution is -0.142. The van der Waals surface area contributed by atoms with E-state index < -0.39 is 32.9 Å². The smallest absolute Gasteiger partial charge is 0.308 e. The predicted molar refractivity (Wildman–Crippen MR) is 79.6 cm³/mol. The van der Waals surface area contributed by atoms with E-state index in [0.29, 0.717) is 25.7 Å². The van der Waals surface area contributed by atoms with Gasteiger partial charge in [0.1, 0.15) is 5.25 Å². The first-order valence-electron chi connectivity index (χ1n) is 7.25. The maximum atomic E-state index is 12.0. The highest BCUT2D eigenvalue weighted by Crippen LogP contribution is 2.24. The minimum absolute atomic E-state index is 0.0303. The van der Waals surface area contributed by atoms with Crippen LogP contribution in [0.5, 0.6) is 0 Å². The Morgan fingerprint density at radius 3 is 2.38 bits per heavy atom.